The molecule has 0 spiro atoms. The van der Waals surface area contributed by atoms with Crippen LogP contribution in [0.5, 0.6) is 0 Å². The van der Waals surface area contributed by atoms with Crippen LogP contribution in [0, 0.1) is 5.82 Å². The number of carbonyl (C=O) groups excluding carboxylic acids is 2. The lowest BCUT2D eigenvalue weighted by atomic mass is 10.1. The Morgan fingerprint density at radius 3 is 2.77 bits per heavy atom. The number of hydrogen-bond donors (Lipinski definition) is 1. The first-order chi connectivity index (χ1) is 14.9. The van der Waals surface area contributed by atoms with Crippen molar-refractivity contribution in [3.63, 3.8) is 0 Å². The van der Waals surface area contributed by atoms with E-state index in [1.165, 1.54) is 23.4 Å². The van der Waals surface area contributed by atoms with Crippen LogP contribution in [0.1, 0.15) is 28.8 Å². The SMILES string of the molecule is O=C(NCc1ccc(-n2ccnc2)c(F)c1)C1CCCN1C(=O)c1cc(Cl)ccc1Cl. The second kappa shape index (κ2) is 9.08. The van der Waals surface area contributed by atoms with Gasteiger partial charge < -0.3 is 14.8 Å². The number of carbonyl (C=O) groups is 2. The zero-order valence-corrected chi connectivity index (χ0v) is 17.9. The number of nitrogens with one attached hydrogen (secondary N) is 1. The standard InChI is InChI=1S/C22H19Cl2FN4O2/c23-15-4-5-17(24)16(11-15)22(31)29-8-1-2-20(29)21(30)27-12-14-3-6-19(18(25)10-14)28-9-7-26-13-28/h3-7,9-11,13,20H,1-2,8,12H2,(H,27,30). The number of imidazole rings is 1. The molecule has 2 amide bonds. The number of amides is 2. The van der Waals surface area contributed by atoms with Crippen molar-refractivity contribution in [3.8, 4) is 5.69 Å². The third-order valence-corrected chi connectivity index (χ3v) is 5.80. The molecule has 1 aliphatic rings. The minimum atomic E-state index is -0.613. The van der Waals surface area contributed by atoms with Crippen LogP contribution in [-0.4, -0.2) is 38.9 Å². The fraction of sp³-hybridized carbons (Fsp3) is 0.227. The van der Waals surface area contributed by atoms with Gasteiger partial charge in [-0.2, -0.15) is 0 Å². The van der Waals surface area contributed by atoms with E-state index in [0.29, 0.717) is 35.7 Å². The highest BCUT2D eigenvalue weighted by Crippen LogP contribution is 2.26. The van der Waals surface area contributed by atoms with Crippen molar-refractivity contribution in [2.45, 2.75) is 25.4 Å². The first-order valence-corrected chi connectivity index (χ1v) is 10.5. The molecule has 6 nitrogen and oxygen atoms in total. The van der Waals surface area contributed by atoms with Gasteiger partial charge in [-0.3, -0.25) is 9.59 Å². The molecule has 1 unspecified atom stereocenters. The third-order valence-electron chi connectivity index (χ3n) is 5.24. The number of rotatable bonds is 5. The number of nitrogens with zero attached hydrogens (tertiary/aromatic N) is 3. The highest BCUT2D eigenvalue weighted by atomic mass is 35.5. The first kappa shape index (κ1) is 21.3. The van der Waals surface area contributed by atoms with E-state index in [1.54, 1.807) is 41.2 Å². The molecule has 4 rings (SSSR count). The number of aromatic nitrogens is 2. The van der Waals surface area contributed by atoms with E-state index in [0.717, 1.165) is 0 Å². The monoisotopic (exact) mass is 460 g/mol. The minimum absolute atomic E-state index is 0.149. The van der Waals surface area contributed by atoms with Crippen molar-refractivity contribution in [1.29, 1.82) is 0 Å². The van der Waals surface area contributed by atoms with Crippen molar-refractivity contribution >= 4 is 35.0 Å². The highest BCUT2D eigenvalue weighted by molar-refractivity contribution is 6.35. The van der Waals surface area contributed by atoms with Crippen LogP contribution in [0.15, 0.2) is 55.1 Å². The summed E-state index contributed by atoms with van der Waals surface area (Å²) in [6, 6.07) is 8.80. The van der Waals surface area contributed by atoms with Gasteiger partial charge in [-0.25, -0.2) is 9.37 Å². The molecule has 1 aliphatic heterocycles. The molecule has 2 heterocycles. The topological polar surface area (TPSA) is 67.2 Å². The second-order valence-electron chi connectivity index (χ2n) is 7.25. The molecule has 0 aliphatic carbocycles. The van der Waals surface area contributed by atoms with Crippen LogP contribution in [0.2, 0.25) is 10.0 Å². The number of benzene rings is 2. The summed E-state index contributed by atoms with van der Waals surface area (Å²) in [5.74, 6) is -1.04. The Bertz CT molecular complexity index is 1120. The second-order valence-corrected chi connectivity index (χ2v) is 8.10. The molecule has 1 saturated heterocycles. The fourth-order valence-corrected chi connectivity index (χ4v) is 4.05. The Kier molecular flexibility index (Phi) is 6.25. The predicted molar refractivity (Wildman–Crippen MR) is 116 cm³/mol. The molecule has 2 aromatic carbocycles. The maximum absolute atomic E-state index is 14.4. The molecule has 31 heavy (non-hydrogen) atoms. The predicted octanol–water partition coefficient (Wildman–Crippen LogP) is 4.24. The van der Waals surface area contributed by atoms with Gasteiger partial charge in [0, 0.05) is 30.5 Å². The van der Waals surface area contributed by atoms with Crippen LogP contribution in [-0.2, 0) is 11.3 Å². The first-order valence-electron chi connectivity index (χ1n) is 9.74. The van der Waals surface area contributed by atoms with Crippen LogP contribution in [0.3, 0.4) is 0 Å². The van der Waals surface area contributed by atoms with Crippen LogP contribution in [0.4, 0.5) is 4.39 Å². The quantitative estimate of drug-likeness (QED) is 0.618. The summed E-state index contributed by atoms with van der Waals surface area (Å²) in [7, 11) is 0. The Labute approximate surface area is 188 Å². The van der Waals surface area contributed by atoms with Gasteiger partial charge in [0.25, 0.3) is 5.91 Å². The lowest BCUT2D eigenvalue weighted by molar-refractivity contribution is -0.125. The summed E-state index contributed by atoms with van der Waals surface area (Å²) in [5.41, 5.74) is 1.26. The molecule has 9 heteroatoms. The molecular weight excluding hydrogens is 442 g/mol. The molecule has 3 aromatic rings. The van der Waals surface area contributed by atoms with Gasteiger partial charge in [0.2, 0.25) is 5.91 Å². The number of halogens is 3. The third kappa shape index (κ3) is 4.57. The van der Waals surface area contributed by atoms with Crippen molar-refractivity contribution in [1.82, 2.24) is 19.8 Å². The van der Waals surface area contributed by atoms with Crippen LogP contribution < -0.4 is 5.32 Å². The average molecular weight is 461 g/mol. The van der Waals surface area contributed by atoms with E-state index < -0.39 is 11.9 Å². The van der Waals surface area contributed by atoms with Crippen LogP contribution >= 0.6 is 23.2 Å². The molecule has 0 saturated carbocycles. The average Bonchev–Trinajstić information content (AvgIpc) is 3.45. The lowest BCUT2D eigenvalue weighted by Crippen LogP contribution is -2.45. The van der Waals surface area contributed by atoms with E-state index in [9.17, 15) is 14.0 Å². The summed E-state index contributed by atoms with van der Waals surface area (Å²) in [6.45, 7) is 0.602. The highest BCUT2D eigenvalue weighted by Gasteiger charge is 2.35. The van der Waals surface area contributed by atoms with Gasteiger partial charge >= 0.3 is 0 Å². The molecule has 1 aromatic heterocycles. The smallest absolute Gasteiger partial charge is 0.256 e. The summed E-state index contributed by atoms with van der Waals surface area (Å²) in [6.07, 6.45) is 5.98. The van der Waals surface area contributed by atoms with Gasteiger partial charge in [0.15, 0.2) is 0 Å². The Hall–Kier alpha value is -2.90. The Morgan fingerprint density at radius 2 is 2.03 bits per heavy atom. The Morgan fingerprint density at radius 1 is 1.19 bits per heavy atom. The van der Waals surface area contributed by atoms with Crippen LogP contribution in [0.25, 0.3) is 5.69 Å². The van der Waals surface area contributed by atoms with Gasteiger partial charge in [-0.1, -0.05) is 29.3 Å². The largest absolute Gasteiger partial charge is 0.350 e. The van der Waals surface area contributed by atoms with E-state index in [4.69, 9.17) is 23.2 Å². The molecule has 1 atom stereocenters. The Balaban J connectivity index is 1.43. The van der Waals surface area contributed by atoms with Crippen molar-refractivity contribution < 1.29 is 14.0 Å². The van der Waals surface area contributed by atoms with E-state index in [-0.39, 0.29) is 28.9 Å². The van der Waals surface area contributed by atoms with Gasteiger partial charge in [0.1, 0.15) is 11.9 Å². The van der Waals surface area contributed by atoms with E-state index >= 15 is 0 Å². The summed E-state index contributed by atoms with van der Waals surface area (Å²) in [5, 5.41) is 3.49. The summed E-state index contributed by atoms with van der Waals surface area (Å²) < 4.78 is 16.0. The summed E-state index contributed by atoms with van der Waals surface area (Å²) in [4.78, 5) is 31.2. The minimum Gasteiger partial charge on any atom is -0.350 e. The normalized spacial score (nSPS) is 15.8. The molecule has 0 bridgehead atoms. The van der Waals surface area contributed by atoms with Crippen molar-refractivity contribution in [3.05, 3.63) is 82.1 Å². The maximum Gasteiger partial charge on any atom is 0.256 e. The zero-order chi connectivity index (χ0) is 22.0. The van der Waals surface area contributed by atoms with Crippen molar-refractivity contribution in [2.24, 2.45) is 0 Å². The maximum atomic E-state index is 14.4. The summed E-state index contributed by atoms with van der Waals surface area (Å²) >= 11 is 12.2. The van der Waals surface area contributed by atoms with E-state index in [2.05, 4.69) is 10.3 Å². The van der Waals surface area contributed by atoms with Gasteiger partial charge in [0.05, 0.1) is 22.6 Å². The van der Waals surface area contributed by atoms with Crippen molar-refractivity contribution in [2.75, 3.05) is 6.54 Å². The fourth-order valence-electron chi connectivity index (χ4n) is 3.68. The molecule has 1 N–H and O–H groups in total. The molecule has 160 valence electrons. The van der Waals surface area contributed by atoms with Gasteiger partial charge in [-0.15, -0.1) is 0 Å². The van der Waals surface area contributed by atoms with E-state index in [1.807, 2.05) is 0 Å². The molecule has 0 radical (unpaired) electrons. The number of hydrogen-bond acceptors (Lipinski definition) is 3. The van der Waals surface area contributed by atoms with Gasteiger partial charge in [-0.05, 0) is 48.7 Å². The number of likely N-dealkylation sites (tertiary alicyclic amines) is 1. The molecule has 1 fully saturated rings. The zero-order valence-electron chi connectivity index (χ0n) is 16.4. The lowest BCUT2D eigenvalue weighted by Gasteiger charge is -2.24. The molecular formula is C22H19Cl2FN4O2.